The minimum Gasteiger partial charge on any atom is -0.307 e. The van der Waals surface area contributed by atoms with E-state index >= 15 is 0 Å². The van der Waals surface area contributed by atoms with Gasteiger partial charge in [-0.25, -0.2) is 0 Å². The van der Waals surface area contributed by atoms with Gasteiger partial charge in [0.1, 0.15) is 40.7 Å². The average Bonchev–Trinajstić information content (AvgIpc) is 2.60. The van der Waals surface area contributed by atoms with Crippen molar-refractivity contribution in [1.29, 1.82) is 0 Å². The minimum atomic E-state index is 0. The Kier molecular flexibility index (Phi) is 528. The van der Waals surface area contributed by atoms with Crippen molar-refractivity contribution >= 4 is 40.7 Å². The second-order valence-corrected chi connectivity index (χ2v) is 1.08. The standard InChI is InChI=1S/C6H5.6CH2O.W/c1-2-4-6-5-3-1;6*1-2;/h1-5H;6*1H2;/q-1;;;;;;;. The van der Waals surface area contributed by atoms with E-state index in [0.29, 0.717) is 0 Å². The molecule has 0 atom stereocenters. The van der Waals surface area contributed by atoms with Crippen LogP contribution in [0.4, 0.5) is 0 Å². The summed E-state index contributed by atoms with van der Waals surface area (Å²) in [5.74, 6) is 0. The summed E-state index contributed by atoms with van der Waals surface area (Å²) in [5, 5.41) is 0. The molecule has 0 amide bonds. The van der Waals surface area contributed by atoms with E-state index in [2.05, 4.69) is 6.07 Å². The van der Waals surface area contributed by atoms with E-state index in [1.165, 1.54) is 0 Å². The SMILES string of the molecule is C=O.C=O.C=O.C=O.C=O.C=O.[W].[c-]1ccccc1. The Morgan fingerprint density at radius 1 is 0.474 bits per heavy atom. The Bertz CT molecular complexity index is 147. The molecule has 7 heteroatoms. The van der Waals surface area contributed by atoms with Crippen LogP contribution in [-0.4, -0.2) is 40.7 Å². The summed E-state index contributed by atoms with van der Waals surface area (Å²) >= 11 is 0. The van der Waals surface area contributed by atoms with Crippen LogP contribution in [0, 0.1) is 6.07 Å². The second kappa shape index (κ2) is 230. The molecule has 0 aromatic heterocycles. The van der Waals surface area contributed by atoms with Crippen molar-refractivity contribution < 1.29 is 49.8 Å². The summed E-state index contributed by atoms with van der Waals surface area (Å²) in [6.07, 6.45) is 0. The van der Waals surface area contributed by atoms with E-state index in [9.17, 15) is 0 Å². The maximum atomic E-state index is 8.00. The topological polar surface area (TPSA) is 102 Å². The molecule has 1 rings (SSSR count). The zero-order chi connectivity index (χ0) is 16.2. The normalized spacial score (nSPS) is 3.79. The third kappa shape index (κ3) is 200. The largest absolute Gasteiger partial charge is 0.307 e. The van der Waals surface area contributed by atoms with Crippen molar-refractivity contribution in [3.05, 3.63) is 36.4 Å². The molecule has 0 saturated heterocycles. The van der Waals surface area contributed by atoms with Crippen LogP contribution in [0.2, 0.25) is 0 Å². The van der Waals surface area contributed by atoms with E-state index in [1.807, 2.05) is 71.1 Å². The first-order valence-electron chi connectivity index (χ1n) is 3.64. The van der Waals surface area contributed by atoms with Crippen LogP contribution in [-0.2, 0) is 49.8 Å². The molecule has 108 valence electrons. The Hall–Kier alpha value is -2.07. The van der Waals surface area contributed by atoms with Gasteiger partial charge in [-0.15, -0.1) is 0 Å². The van der Waals surface area contributed by atoms with Gasteiger partial charge in [-0.2, -0.15) is 36.4 Å². The second-order valence-electron chi connectivity index (χ2n) is 1.08. The quantitative estimate of drug-likeness (QED) is 0.540. The number of benzene rings is 1. The van der Waals surface area contributed by atoms with Gasteiger partial charge in [0, 0.05) is 21.1 Å². The molecule has 0 fully saturated rings. The van der Waals surface area contributed by atoms with E-state index in [-0.39, 0.29) is 21.1 Å². The van der Waals surface area contributed by atoms with Gasteiger partial charge < -0.3 is 28.8 Å². The first kappa shape index (κ1) is 43.6. The van der Waals surface area contributed by atoms with Crippen LogP contribution >= 0.6 is 0 Å². The molecular formula is C12H17O6W-. The molecule has 0 aliphatic carbocycles. The fraction of sp³-hybridized carbons (Fsp3) is 0. The maximum Gasteiger partial charge on any atom is 0.106 e. The first-order valence-corrected chi connectivity index (χ1v) is 3.64. The summed E-state index contributed by atoms with van der Waals surface area (Å²) in [5.41, 5.74) is 0. The van der Waals surface area contributed by atoms with Crippen LogP contribution in [0.15, 0.2) is 30.3 Å². The van der Waals surface area contributed by atoms with Gasteiger partial charge in [0.2, 0.25) is 0 Å². The third-order valence-corrected chi connectivity index (χ3v) is 0.607. The van der Waals surface area contributed by atoms with Crippen molar-refractivity contribution in [2.24, 2.45) is 0 Å². The number of hydrogen-bond acceptors (Lipinski definition) is 6. The van der Waals surface area contributed by atoms with Crippen LogP contribution < -0.4 is 0 Å². The van der Waals surface area contributed by atoms with Gasteiger partial charge in [0.25, 0.3) is 0 Å². The molecule has 6 nitrogen and oxygen atoms in total. The molecule has 0 spiro atoms. The van der Waals surface area contributed by atoms with Gasteiger partial charge in [-0.05, 0) is 0 Å². The minimum absolute atomic E-state index is 0. The predicted octanol–water partition coefficient (Wildman–Crippen LogP) is 0.375. The average molecular weight is 441 g/mol. The number of carbonyl (C=O) groups is 6. The number of rotatable bonds is 0. The molecule has 0 bridgehead atoms. The Morgan fingerprint density at radius 3 is 0.737 bits per heavy atom. The summed E-state index contributed by atoms with van der Waals surface area (Å²) in [6.45, 7) is 12.0. The van der Waals surface area contributed by atoms with E-state index in [0.717, 1.165) is 0 Å². The van der Waals surface area contributed by atoms with Crippen LogP contribution in [0.5, 0.6) is 0 Å². The first-order chi connectivity index (χ1) is 9.00. The molecule has 1 aromatic rings. The molecule has 0 N–H and O–H groups in total. The van der Waals surface area contributed by atoms with E-state index in [4.69, 9.17) is 28.8 Å². The maximum absolute atomic E-state index is 8.00. The van der Waals surface area contributed by atoms with Gasteiger partial charge in [0.15, 0.2) is 0 Å². The zero-order valence-electron chi connectivity index (χ0n) is 10.5. The third-order valence-electron chi connectivity index (χ3n) is 0.607. The van der Waals surface area contributed by atoms with Gasteiger partial charge in [-0.3, -0.25) is 0 Å². The molecule has 0 heterocycles. The van der Waals surface area contributed by atoms with Gasteiger partial charge in [0.05, 0.1) is 0 Å². The predicted molar refractivity (Wildman–Crippen MR) is 68.0 cm³/mol. The molecular weight excluding hydrogens is 424 g/mol. The molecule has 0 aliphatic rings. The monoisotopic (exact) mass is 441 g/mol. The smallest absolute Gasteiger partial charge is 0.106 e. The Labute approximate surface area is 127 Å². The van der Waals surface area contributed by atoms with Crippen LogP contribution in [0.1, 0.15) is 0 Å². The Balaban J connectivity index is -0.0000000195. The van der Waals surface area contributed by atoms with E-state index in [1.54, 1.807) is 0 Å². The van der Waals surface area contributed by atoms with Crippen molar-refractivity contribution in [3.63, 3.8) is 0 Å². The van der Waals surface area contributed by atoms with Crippen molar-refractivity contribution in [1.82, 2.24) is 0 Å². The summed E-state index contributed by atoms with van der Waals surface area (Å²) < 4.78 is 0. The number of hydrogen-bond donors (Lipinski definition) is 0. The van der Waals surface area contributed by atoms with Crippen molar-refractivity contribution in [3.8, 4) is 0 Å². The molecule has 0 aliphatic heterocycles. The van der Waals surface area contributed by atoms with Crippen molar-refractivity contribution in [2.45, 2.75) is 0 Å². The Morgan fingerprint density at radius 2 is 0.684 bits per heavy atom. The molecule has 19 heavy (non-hydrogen) atoms. The molecule has 0 unspecified atom stereocenters. The number of carbonyl (C=O) groups excluding carboxylic acids is 6. The van der Waals surface area contributed by atoms with Gasteiger partial charge in [-0.1, -0.05) is 0 Å². The fourth-order valence-electron chi connectivity index (χ4n) is 0.342. The molecule has 0 radical (unpaired) electrons. The summed E-state index contributed by atoms with van der Waals surface area (Å²) in [4.78, 5) is 48.0. The van der Waals surface area contributed by atoms with E-state index < -0.39 is 0 Å². The van der Waals surface area contributed by atoms with Crippen molar-refractivity contribution in [2.75, 3.05) is 0 Å². The molecule has 0 saturated carbocycles. The molecule has 1 aromatic carbocycles. The van der Waals surface area contributed by atoms with Gasteiger partial charge >= 0.3 is 0 Å². The summed E-state index contributed by atoms with van der Waals surface area (Å²) in [6, 6.07) is 12.5. The van der Waals surface area contributed by atoms with Crippen LogP contribution in [0.3, 0.4) is 0 Å². The van der Waals surface area contributed by atoms with Crippen LogP contribution in [0.25, 0.3) is 0 Å². The zero-order valence-corrected chi connectivity index (χ0v) is 13.4. The fourth-order valence-corrected chi connectivity index (χ4v) is 0.342. The summed E-state index contributed by atoms with van der Waals surface area (Å²) in [7, 11) is 0.